The third kappa shape index (κ3) is 1.86. The Balaban J connectivity index is 2.04. The Morgan fingerprint density at radius 2 is 2.00 bits per heavy atom. The van der Waals surface area contributed by atoms with Crippen molar-refractivity contribution in [3.05, 3.63) is 17.5 Å². The van der Waals surface area contributed by atoms with Crippen molar-refractivity contribution in [2.24, 2.45) is 0 Å². The standard InChI is InChI=1S/C12H16N4O/c1-8-7-10-9(2)14-12(15-11(10)17-8)16-5-3-13-4-6-16/h7,13H,3-6H2,1-2H3. The molecule has 0 saturated carbocycles. The van der Waals surface area contributed by atoms with Crippen LogP contribution in [0.5, 0.6) is 0 Å². The Kier molecular flexibility index (Phi) is 2.48. The van der Waals surface area contributed by atoms with Gasteiger partial charge in [0.1, 0.15) is 5.76 Å². The molecule has 3 heterocycles. The summed E-state index contributed by atoms with van der Waals surface area (Å²) < 4.78 is 5.59. The fourth-order valence-corrected chi connectivity index (χ4v) is 2.18. The average molecular weight is 232 g/mol. The molecule has 0 unspecified atom stereocenters. The molecular formula is C12H16N4O. The molecule has 0 aromatic carbocycles. The molecule has 0 bridgehead atoms. The highest BCUT2D eigenvalue weighted by Gasteiger charge is 2.16. The van der Waals surface area contributed by atoms with Gasteiger partial charge in [-0.15, -0.1) is 0 Å². The number of nitrogens with zero attached hydrogens (tertiary/aromatic N) is 3. The number of piperazine rings is 1. The fraction of sp³-hybridized carbons (Fsp3) is 0.500. The van der Waals surface area contributed by atoms with Gasteiger partial charge in [-0.3, -0.25) is 0 Å². The zero-order chi connectivity index (χ0) is 11.8. The van der Waals surface area contributed by atoms with E-state index < -0.39 is 0 Å². The van der Waals surface area contributed by atoms with E-state index in [1.807, 2.05) is 19.9 Å². The number of aryl methyl sites for hydroxylation is 2. The van der Waals surface area contributed by atoms with Crippen LogP contribution in [0.25, 0.3) is 11.1 Å². The lowest BCUT2D eigenvalue weighted by Gasteiger charge is -2.27. The summed E-state index contributed by atoms with van der Waals surface area (Å²) in [5, 5.41) is 4.33. The van der Waals surface area contributed by atoms with Gasteiger partial charge in [-0.05, 0) is 19.9 Å². The Hall–Kier alpha value is -1.62. The summed E-state index contributed by atoms with van der Waals surface area (Å²) in [5.74, 6) is 1.67. The van der Waals surface area contributed by atoms with Crippen LogP contribution in [-0.4, -0.2) is 36.1 Å². The van der Waals surface area contributed by atoms with Gasteiger partial charge in [0, 0.05) is 26.2 Å². The molecule has 5 heteroatoms. The predicted octanol–water partition coefficient (Wildman–Crippen LogP) is 1.25. The number of hydrogen-bond acceptors (Lipinski definition) is 5. The monoisotopic (exact) mass is 232 g/mol. The molecule has 90 valence electrons. The second-order valence-corrected chi connectivity index (χ2v) is 4.42. The highest BCUT2D eigenvalue weighted by atomic mass is 16.3. The van der Waals surface area contributed by atoms with E-state index in [1.54, 1.807) is 0 Å². The SMILES string of the molecule is Cc1cc2c(C)nc(N3CCNCC3)nc2o1. The quantitative estimate of drug-likeness (QED) is 0.802. The maximum absolute atomic E-state index is 5.59. The normalized spacial score (nSPS) is 16.7. The van der Waals surface area contributed by atoms with Gasteiger partial charge in [0.05, 0.1) is 11.1 Å². The molecule has 1 fully saturated rings. The first kappa shape index (κ1) is 10.5. The van der Waals surface area contributed by atoms with Crippen LogP contribution in [0.3, 0.4) is 0 Å². The number of hydrogen-bond donors (Lipinski definition) is 1. The van der Waals surface area contributed by atoms with Gasteiger partial charge in [-0.1, -0.05) is 0 Å². The Bertz CT molecular complexity index is 543. The Morgan fingerprint density at radius 1 is 1.24 bits per heavy atom. The van der Waals surface area contributed by atoms with E-state index in [0.717, 1.165) is 49.0 Å². The minimum atomic E-state index is 0.698. The summed E-state index contributed by atoms with van der Waals surface area (Å²) in [5.41, 5.74) is 1.68. The third-order valence-electron chi connectivity index (χ3n) is 3.09. The van der Waals surface area contributed by atoms with Crippen LogP contribution < -0.4 is 10.2 Å². The first-order valence-corrected chi connectivity index (χ1v) is 5.94. The maximum Gasteiger partial charge on any atom is 0.231 e. The lowest BCUT2D eigenvalue weighted by atomic mass is 10.3. The van der Waals surface area contributed by atoms with E-state index in [0.29, 0.717) is 5.71 Å². The van der Waals surface area contributed by atoms with E-state index in [2.05, 4.69) is 20.2 Å². The lowest BCUT2D eigenvalue weighted by Crippen LogP contribution is -2.44. The molecule has 0 amide bonds. The van der Waals surface area contributed by atoms with Gasteiger partial charge in [-0.25, -0.2) is 4.98 Å². The topological polar surface area (TPSA) is 54.2 Å². The Morgan fingerprint density at radius 3 is 2.76 bits per heavy atom. The smallest absolute Gasteiger partial charge is 0.231 e. The van der Waals surface area contributed by atoms with Crippen molar-refractivity contribution in [1.82, 2.24) is 15.3 Å². The van der Waals surface area contributed by atoms with Gasteiger partial charge in [0.15, 0.2) is 0 Å². The molecule has 17 heavy (non-hydrogen) atoms. The maximum atomic E-state index is 5.59. The molecule has 1 N–H and O–H groups in total. The van der Waals surface area contributed by atoms with E-state index in [1.165, 1.54) is 0 Å². The van der Waals surface area contributed by atoms with Crippen molar-refractivity contribution in [2.45, 2.75) is 13.8 Å². The third-order valence-corrected chi connectivity index (χ3v) is 3.09. The van der Waals surface area contributed by atoms with E-state index >= 15 is 0 Å². The van der Waals surface area contributed by atoms with Crippen molar-refractivity contribution in [3.63, 3.8) is 0 Å². The largest absolute Gasteiger partial charge is 0.443 e. The molecule has 1 saturated heterocycles. The molecule has 2 aromatic rings. The first-order valence-electron chi connectivity index (χ1n) is 5.94. The molecule has 0 radical (unpaired) electrons. The minimum Gasteiger partial charge on any atom is -0.443 e. The van der Waals surface area contributed by atoms with Crippen LogP contribution in [0, 0.1) is 13.8 Å². The summed E-state index contributed by atoms with van der Waals surface area (Å²) >= 11 is 0. The van der Waals surface area contributed by atoms with Crippen molar-refractivity contribution >= 4 is 17.0 Å². The van der Waals surface area contributed by atoms with Crippen LogP contribution in [0.4, 0.5) is 5.95 Å². The van der Waals surface area contributed by atoms with Crippen LogP contribution in [0.2, 0.25) is 0 Å². The average Bonchev–Trinajstić information content (AvgIpc) is 2.71. The number of anilines is 1. The molecule has 0 aliphatic carbocycles. The van der Waals surface area contributed by atoms with Crippen LogP contribution in [-0.2, 0) is 0 Å². The van der Waals surface area contributed by atoms with Gasteiger partial charge in [0.2, 0.25) is 11.7 Å². The zero-order valence-corrected chi connectivity index (χ0v) is 10.2. The number of fused-ring (bicyclic) bond motifs is 1. The minimum absolute atomic E-state index is 0.698. The number of nitrogens with one attached hydrogen (secondary N) is 1. The second-order valence-electron chi connectivity index (χ2n) is 4.42. The van der Waals surface area contributed by atoms with Crippen molar-refractivity contribution in [1.29, 1.82) is 0 Å². The molecule has 3 rings (SSSR count). The van der Waals surface area contributed by atoms with Crippen LogP contribution in [0.15, 0.2) is 10.5 Å². The van der Waals surface area contributed by atoms with Gasteiger partial charge in [-0.2, -0.15) is 4.98 Å². The highest BCUT2D eigenvalue weighted by Crippen LogP contribution is 2.22. The number of aromatic nitrogens is 2. The fourth-order valence-electron chi connectivity index (χ4n) is 2.18. The molecule has 0 spiro atoms. The molecule has 0 atom stereocenters. The lowest BCUT2D eigenvalue weighted by molar-refractivity contribution is 0.558. The number of furan rings is 1. The van der Waals surface area contributed by atoms with Crippen molar-refractivity contribution < 1.29 is 4.42 Å². The molecule has 1 aliphatic heterocycles. The van der Waals surface area contributed by atoms with Gasteiger partial charge >= 0.3 is 0 Å². The first-order chi connectivity index (χ1) is 8.24. The van der Waals surface area contributed by atoms with E-state index in [4.69, 9.17) is 4.42 Å². The molecule has 1 aliphatic rings. The van der Waals surface area contributed by atoms with Crippen LogP contribution >= 0.6 is 0 Å². The van der Waals surface area contributed by atoms with Gasteiger partial charge in [0.25, 0.3) is 0 Å². The molecule has 5 nitrogen and oxygen atoms in total. The second kappa shape index (κ2) is 4.00. The number of rotatable bonds is 1. The summed E-state index contributed by atoms with van der Waals surface area (Å²) in [4.78, 5) is 11.3. The highest BCUT2D eigenvalue weighted by molar-refractivity contribution is 5.77. The molecular weight excluding hydrogens is 216 g/mol. The van der Waals surface area contributed by atoms with Gasteiger partial charge < -0.3 is 14.6 Å². The predicted molar refractivity (Wildman–Crippen MR) is 66.4 cm³/mol. The van der Waals surface area contributed by atoms with Crippen molar-refractivity contribution in [2.75, 3.05) is 31.1 Å². The van der Waals surface area contributed by atoms with Crippen LogP contribution in [0.1, 0.15) is 11.5 Å². The summed E-state index contributed by atoms with van der Waals surface area (Å²) in [6.45, 7) is 7.81. The van der Waals surface area contributed by atoms with E-state index in [9.17, 15) is 0 Å². The Labute approximate surface area is 99.8 Å². The zero-order valence-electron chi connectivity index (χ0n) is 10.2. The molecule has 2 aromatic heterocycles. The summed E-state index contributed by atoms with van der Waals surface area (Å²) in [6.07, 6.45) is 0. The van der Waals surface area contributed by atoms with E-state index in [-0.39, 0.29) is 0 Å². The summed E-state index contributed by atoms with van der Waals surface area (Å²) in [7, 11) is 0. The van der Waals surface area contributed by atoms with Crippen molar-refractivity contribution in [3.8, 4) is 0 Å². The summed E-state index contributed by atoms with van der Waals surface area (Å²) in [6, 6.07) is 1.99.